The highest BCUT2D eigenvalue weighted by molar-refractivity contribution is 7.14. The minimum absolute atomic E-state index is 0.0481. The lowest BCUT2D eigenvalue weighted by Gasteiger charge is -2.20. The number of anilines is 1. The van der Waals surface area contributed by atoms with E-state index in [1.54, 1.807) is 13.8 Å². The first kappa shape index (κ1) is 16.2. The van der Waals surface area contributed by atoms with Gasteiger partial charge in [0, 0.05) is 17.4 Å². The van der Waals surface area contributed by atoms with Crippen molar-refractivity contribution in [3.8, 4) is 11.3 Å². The number of thiazole rings is 1. The number of hydrogen-bond donors (Lipinski definition) is 2. The van der Waals surface area contributed by atoms with E-state index in [4.69, 9.17) is 5.11 Å². The number of aliphatic carboxylic acids is 1. The maximum absolute atomic E-state index is 12.0. The SMILES string of the molecule is CC(C)(CC(=O)O)CC(=O)Nc1nc(-c2ccccc2)cs1. The summed E-state index contributed by atoms with van der Waals surface area (Å²) < 4.78 is 0. The fourth-order valence-corrected chi connectivity index (χ4v) is 2.88. The number of rotatable bonds is 6. The number of benzene rings is 1. The summed E-state index contributed by atoms with van der Waals surface area (Å²) in [5, 5.41) is 14.0. The van der Waals surface area contributed by atoms with Gasteiger partial charge in [0.15, 0.2) is 5.13 Å². The van der Waals surface area contributed by atoms with Crippen molar-refractivity contribution in [2.24, 2.45) is 5.41 Å². The first-order valence-corrected chi connectivity index (χ1v) is 7.76. The van der Waals surface area contributed by atoms with Crippen LogP contribution in [0, 0.1) is 5.41 Å². The van der Waals surface area contributed by atoms with Gasteiger partial charge in [-0.2, -0.15) is 0 Å². The maximum Gasteiger partial charge on any atom is 0.303 e. The highest BCUT2D eigenvalue weighted by Gasteiger charge is 2.25. The lowest BCUT2D eigenvalue weighted by Crippen LogP contribution is -2.24. The summed E-state index contributed by atoms with van der Waals surface area (Å²) in [5.41, 5.74) is 1.21. The van der Waals surface area contributed by atoms with Gasteiger partial charge in [0.05, 0.1) is 12.1 Å². The fraction of sp³-hybridized carbons (Fsp3) is 0.312. The zero-order valence-corrected chi connectivity index (χ0v) is 13.3. The van der Waals surface area contributed by atoms with E-state index in [1.165, 1.54) is 11.3 Å². The Balaban J connectivity index is 1.98. The van der Waals surface area contributed by atoms with Crippen molar-refractivity contribution in [1.82, 2.24) is 4.98 Å². The number of carboxylic acids is 1. The van der Waals surface area contributed by atoms with Gasteiger partial charge in [-0.1, -0.05) is 44.2 Å². The Kier molecular flexibility index (Phi) is 4.92. The highest BCUT2D eigenvalue weighted by Crippen LogP contribution is 2.28. The Labute approximate surface area is 133 Å². The monoisotopic (exact) mass is 318 g/mol. The third-order valence-corrected chi connectivity index (χ3v) is 3.85. The molecule has 2 N–H and O–H groups in total. The van der Waals surface area contributed by atoms with E-state index in [-0.39, 0.29) is 18.7 Å². The number of carbonyl (C=O) groups is 2. The predicted molar refractivity (Wildman–Crippen MR) is 86.8 cm³/mol. The number of nitrogens with zero attached hydrogens (tertiary/aromatic N) is 1. The third kappa shape index (κ3) is 4.66. The minimum Gasteiger partial charge on any atom is -0.481 e. The van der Waals surface area contributed by atoms with Crippen LogP contribution >= 0.6 is 11.3 Å². The summed E-state index contributed by atoms with van der Waals surface area (Å²) in [6.07, 6.45) is 0.0904. The van der Waals surface area contributed by atoms with Crippen molar-refractivity contribution in [2.45, 2.75) is 26.7 Å². The van der Waals surface area contributed by atoms with E-state index in [0.717, 1.165) is 11.3 Å². The molecule has 22 heavy (non-hydrogen) atoms. The van der Waals surface area contributed by atoms with Crippen LogP contribution in [0.3, 0.4) is 0 Å². The molecule has 0 radical (unpaired) electrons. The van der Waals surface area contributed by atoms with Gasteiger partial charge in [-0.3, -0.25) is 9.59 Å². The topological polar surface area (TPSA) is 79.3 Å². The van der Waals surface area contributed by atoms with Gasteiger partial charge in [-0.05, 0) is 5.41 Å². The quantitative estimate of drug-likeness (QED) is 0.852. The van der Waals surface area contributed by atoms with Crippen molar-refractivity contribution in [3.63, 3.8) is 0 Å². The Morgan fingerprint density at radius 3 is 2.55 bits per heavy atom. The summed E-state index contributed by atoms with van der Waals surface area (Å²) in [7, 11) is 0. The Morgan fingerprint density at radius 2 is 1.91 bits per heavy atom. The highest BCUT2D eigenvalue weighted by atomic mass is 32.1. The Morgan fingerprint density at radius 1 is 1.23 bits per heavy atom. The molecule has 6 heteroatoms. The van der Waals surface area contributed by atoms with Crippen LogP contribution in [0.2, 0.25) is 0 Å². The molecule has 0 bridgehead atoms. The van der Waals surface area contributed by atoms with Crippen LogP contribution < -0.4 is 5.32 Å². The van der Waals surface area contributed by atoms with Gasteiger partial charge in [0.25, 0.3) is 0 Å². The number of aromatic nitrogens is 1. The molecule has 0 aliphatic rings. The molecule has 1 heterocycles. The van der Waals surface area contributed by atoms with Crippen LogP contribution in [0.1, 0.15) is 26.7 Å². The molecule has 0 aliphatic heterocycles. The molecule has 1 aromatic heterocycles. The maximum atomic E-state index is 12.0. The van der Waals surface area contributed by atoms with E-state index in [2.05, 4.69) is 10.3 Å². The van der Waals surface area contributed by atoms with E-state index in [0.29, 0.717) is 5.13 Å². The summed E-state index contributed by atoms with van der Waals surface area (Å²) in [5.74, 6) is -1.13. The van der Waals surface area contributed by atoms with Crippen LogP contribution in [0.15, 0.2) is 35.7 Å². The third-order valence-electron chi connectivity index (χ3n) is 3.09. The standard InChI is InChI=1S/C16H18N2O3S/c1-16(2,9-14(20)21)8-13(19)18-15-17-12(10-22-15)11-6-4-3-5-7-11/h3-7,10H,8-9H2,1-2H3,(H,20,21)(H,17,18,19). The lowest BCUT2D eigenvalue weighted by molar-refractivity contribution is -0.139. The Bertz CT molecular complexity index is 665. The molecule has 0 spiro atoms. The lowest BCUT2D eigenvalue weighted by atomic mass is 9.85. The minimum atomic E-state index is -0.904. The van der Waals surface area contributed by atoms with Crippen LogP contribution in [0.5, 0.6) is 0 Å². The zero-order valence-electron chi connectivity index (χ0n) is 12.5. The van der Waals surface area contributed by atoms with E-state index >= 15 is 0 Å². The van der Waals surface area contributed by atoms with Gasteiger partial charge >= 0.3 is 5.97 Å². The van der Waals surface area contributed by atoms with Crippen molar-refractivity contribution in [3.05, 3.63) is 35.7 Å². The van der Waals surface area contributed by atoms with E-state index < -0.39 is 11.4 Å². The van der Waals surface area contributed by atoms with E-state index in [1.807, 2.05) is 35.7 Å². The predicted octanol–water partition coefficient (Wildman–Crippen LogP) is 3.64. The molecule has 0 unspecified atom stereocenters. The molecule has 0 saturated carbocycles. The fourth-order valence-electron chi connectivity index (χ4n) is 2.14. The number of nitrogens with one attached hydrogen (secondary N) is 1. The van der Waals surface area contributed by atoms with Crippen LogP contribution in [-0.4, -0.2) is 22.0 Å². The number of hydrogen-bond acceptors (Lipinski definition) is 4. The first-order valence-electron chi connectivity index (χ1n) is 6.88. The molecule has 2 aromatic rings. The molecule has 0 aliphatic carbocycles. The van der Waals surface area contributed by atoms with Crippen molar-refractivity contribution in [2.75, 3.05) is 5.32 Å². The van der Waals surface area contributed by atoms with Crippen LogP contribution in [0.25, 0.3) is 11.3 Å². The molecule has 2 rings (SSSR count). The van der Waals surface area contributed by atoms with Gasteiger partial charge in [-0.15, -0.1) is 11.3 Å². The number of carbonyl (C=O) groups excluding carboxylic acids is 1. The van der Waals surface area contributed by atoms with Gasteiger partial charge in [0.1, 0.15) is 0 Å². The van der Waals surface area contributed by atoms with Gasteiger partial charge in [-0.25, -0.2) is 4.98 Å². The largest absolute Gasteiger partial charge is 0.481 e. The molecule has 1 aromatic carbocycles. The average molecular weight is 318 g/mol. The second-order valence-corrected chi connectivity index (χ2v) is 6.72. The molecular weight excluding hydrogens is 300 g/mol. The van der Waals surface area contributed by atoms with Gasteiger partial charge in [0.2, 0.25) is 5.91 Å². The second kappa shape index (κ2) is 6.70. The summed E-state index contributed by atoms with van der Waals surface area (Å²) in [6.45, 7) is 3.52. The van der Waals surface area contributed by atoms with Crippen molar-refractivity contribution >= 4 is 28.3 Å². The summed E-state index contributed by atoms with van der Waals surface area (Å²) in [4.78, 5) is 27.2. The molecule has 1 amide bonds. The summed E-state index contributed by atoms with van der Waals surface area (Å²) in [6, 6.07) is 9.71. The second-order valence-electron chi connectivity index (χ2n) is 5.86. The Hall–Kier alpha value is -2.21. The smallest absolute Gasteiger partial charge is 0.303 e. The van der Waals surface area contributed by atoms with Crippen LogP contribution in [-0.2, 0) is 9.59 Å². The zero-order chi connectivity index (χ0) is 16.2. The molecule has 5 nitrogen and oxygen atoms in total. The van der Waals surface area contributed by atoms with Crippen molar-refractivity contribution < 1.29 is 14.7 Å². The van der Waals surface area contributed by atoms with Gasteiger partial charge < -0.3 is 10.4 Å². The van der Waals surface area contributed by atoms with E-state index in [9.17, 15) is 9.59 Å². The van der Waals surface area contributed by atoms with Crippen LogP contribution in [0.4, 0.5) is 5.13 Å². The molecule has 0 fully saturated rings. The molecule has 0 saturated heterocycles. The average Bonchev–Trinajstić information content (AvgIpc) is 2.85. The number of amides is 1. The van der Waals surface area contributed by atoms with Crippen molar-refractivity contribution in [1.29, 1.82) is 0 Å². The first-order chi connectivity index (χ1) is 10.4. The normalized spacial score (nSPS) is 11.2. The molecule has 116 valence electrons. The molecule has 0 atom stereocenters. The number of carboxylic acid groups (broad SMARTS) is 1. The summed E-state index contributed by atoms with van der Waals surface area (Å²) >= 11 is 1.35. The molecular formula is C16H18N2O3S.